The molecule has 1 rings (SSSR count). The zero-order chi connectivity index (χ0) is 10.6. The van der Waals surface area contributed by atoms with Gasteiger partial charge in [0.05, 0.1) is 32.5 Å². The van der Waals surface area contributed by atoms with Gasteiger partial charge in [-0.1, -0.05) is 13.8 Å². The minimum atomic E-state index is -2.11. The van der Waals surface area contributed by atoms with Crippen LogP contribution in [0.3, 0.4) is 0 Å². The highest BCUT2D eigenvalue weighted by Crippen LogP contribution is 2.23. The highest BCUT2D eigenvalue weighted by atomic mass is 28.4. The van der Waals surface area contributed by atoms with Gasteiger partial charge in [-0.2, -0.15) is 0 Å². The second-order valence-corrected chi connectivity index (χ2v) is 7.82. The van der Waals surface area contributed by atoms with Gasteiger partial charge < -0.3 is 18.7 Å². The molecule has 0 saturated carbocycles. The van der Waals surface area contributed by atoms with Crippen molar-refractivity contribution in [2.75, 3.05) is 26.4 Å². The number of rotatable bonds is 1. The van der Waals surface area contributed by atoms with Gasteiger partial charge in [-0.25, -0.2) is 0 Å². The van der Waals surface area contributed by atoms with Crippen LogP contribution in [-0.4, -0.2) is 46.2 Å². The molecular formula is C9H20O4Si. The highest BCUT2D eigenvalue weighted by molar-refractivity contribution is 6.67. The molecule has 1 saturated heterocycles. The Hall–Kier alpha value is 0.0569. The maximum Gasteiger partial charge on any atom is 0.337 e. The van der Waals surface area contributed by atoms with Crippen LogP contribution < -0.4 is 0 Å². The van der Waals surface area contributed by atoms with E-state index in [2.05, 4.69) is 13.8 Å². The molecule has 0 spiro atoms. The Morgan fingerprint density at radius 2 is 1.93 bits per heavy atom. The predicted molar refractivity (Wildman–Crippen MR) is 55.4 cm³/mol. The minimum Gasteiger partial charge on any atom is -0.392 e. The molecule has 1 N–H and O–H groups in total. The van der Waals surface area contributed by atoms with Crippen LogP contribution in [0.1, 0.15) is 13.8 Å². The molecule has 0 aromatic carbocycles. The minimum absolute atomic E-state index is 0.320. The fourth-order valence-electron chi connectivity index (χ4n) is 1.21. The van der Waals surface area contributed by atoms with Crippen LogP contribution >= 0.6 is 0 Å². The van der Waals surface area contributed by atoms with Crippen LogP contribution in [0.5, 0.6) is 0 Å². The molecule has 0 amide bonds. The molecule has 1 heterocycles. The maximum absolute atomic E-state index is 9.47. The van der Waals surface area contributed by atoms with Gasteiger partial charge in [0.1, 0.15) is 0 Å². The van der Waals surface area contributed by atoms with E-state index in [9.17, 15) is 5.11 Å². The van der Waals surface area contributed by atoms with Crippen molar-refractivity contribution in [3.63, 3.8) is 0 Å². The molecule has 4 nitrogen and oxygen atoms in total. The first-order valence-corrected chi connectivity index (χ1v) is 7.47. The lowest BCUT2D eigenvalue weighted by Crippen LogP contribution is -2.43. The fraction of sp³-hybridized carbons (Fsp3) is 1.00. The summed E-state index contributed by atoms with van der Waals surface area (Å²) >= 11 is 0. The molecule has 1 fully saturated rings. The van der Waals surface area contributed by atoms with E-state index in [0.29, 0.717) is 32.0 Å². The van der Waals surface area contributed by atoms with Crippen molar-refractivity contribution in [1.29, 1.82) is 0 Å². The van der Waals surface area contributed by atoms with Gasteiger partial charge >= 0.3 is 8.56 Å². The zero-order valence-corrected chi connectivity index (χ0v) is 10.2. The highest BCUT2D eigenvalue weighted by Gasteiger charge is 2.36. The van der Waals surface area contributed by atoms with Crippen LogP contribution in [0, 0.1) is 0 Å². The molecule has 0 aromatic heterocycles. The molecule has 1 aliphatic rings. The van der Waals surface area contributed by atoms with Crippen LogP contribution in [0.25, 0.3) is 0 Å². The Balaban J connectivity index is 2.56. The molecule has 1 aliphatic heterocycles. The van der Waals surface area contributed by atoms with Crippen LogP contribution in [-0.2, 0) is 13.6 Å². The van der Waals surface area contributed by atoms with Crippen molar-refractivity contribution < 1.29 is 18.7 Å². The SMILES string of the molecule is CC(C)[Si]1(C)OCCOCC(O)CO1. The molecule has 0 aliphatic carbocycles. The Bertz CT molecular complexity index is 176. The zero-order valence-electron chi connectivity index (χ0n) is 9.16. The summed E-state index contributed by atoms with van der Waals surface area (Å²) in [7, 11) is -2.11. The van der Waals surface area contributed by atoms with Crippen molar-refractivity contribution in [3.8, 4) is 0 Å². The van der Waals surface area contributed by atoms with Gasteiger partial charge in [0.25, 0.3) is 0 Å². The largest absolute Gasteiger partial charge is 0.392 e. The van der Waals surface area contributed by atoms with Crippen LogP contribution in [0.4, 0.5) is 0 Å². The van der Waals surface area contributed by atoms with E-state index < -0.39 is 14.7 Å². The number of aliphatic hydroxyl groups excluding tert-OH is 1. The van der Waals surface area contributed by atoms with Crippen molar-refractivity contribution in [3.05, 3.63) is 0 Å². The number of ether oxygens (including phenoxy) is 1. The van der Waals surface area contributed by atoms with E-state index in [-0.39, 0.29) is 0 Å². The monoisotopic (exact) mass is 220 g/mol. The van der Waals surface area contributed by atoms with Gasteiger partial charge in [-0.05, 0) is 12.1 Å². The molecular weight excluding hydrogens is 200 g/mol. The maximum atomic E-state index is 9.47. The molecule has 0 bridgehead atoms. The van der Waals surface area contributed by atoms with Gasteiger partial charge in [-0.15, -0.1) is 0 Å². The van der Waals surface area contributed by atoms with Gasteiger partial charge in [0.2, 0.25) is 0 Å². The number of aliphatic hydroxyl groups is 1. The lowest BCUT2D eigenvalue weighted by molar-refractivity contribution is 0.0160. The van der Waals surface area contributed by atoms with Crippen molar-refractivity contribution >= 4 is 8.56 Å². The third-order valence-corrected chi connectivity index (χ3v) is 6.15. The van der Waals surface area contributed by atoms with Gasteiger partial charge in [0.15, 0.2) is 0 Å². The van der Waals surface area contributed by atoms with Gasteiger partial charge in [0, 0.05) is 0 Å². The third-order valence-electron chi connectivity index (χ3n) is 2.54. The van der Waals surface area contributed by atoms with E-state index in [0.717, 1.165) is 0 Å². The summed E-state index contributed by atoms with van der Waals surface area (Å²) in [6.07, 6.45) is -0.526. The first kappa shape index (κ1) is 12.1. The molecule has 2 unspecified atom stereocenters. The summed E-state index contributed by atoms with van der Waals surface area (Å²) in [5, 5.41) is 9.47. The lowest BCUT2D eigenvalue weighted by Gasteiger charge is -2.30. The van der Waals surface area contributed by atoms with Crippen molar-refractivity contribution in [2.24, 2.45) is 0 Å². The second-order valence-electron chi connectivity index (χ2n) is 4.06. The quantitative estimate of drug-likeness (QED) is 0.667. The van der Waals surface area contributed by atoms with Crippen molar-refractivity contribution in [1.82, 2.24) is 0 Å². The smallest absolute Gasteiger partial charge is 0.337 e. The van der Waals surface area contributed by atoms with E-state index in [1.54, 1.807) is 0 Å². The van der Waals surface area contributed by atoms with E-state index in [4.69, 9.17) is 13.6 Å². The Kier molecular flexibility index (Phi) is 4.53. The molecule has 0 radical (unpaired) electrons. The number of hydrogen-bond donors (Lipinski definition) is 1. The molecule has 0 aromatic rings. The van der Waals surface area contributed by atoms with Gasteiger partial charge in [-0.3, -0.25) is 0 Å². The Labute approximate surface area is 86.4 Å². The molecule has 84 valence electrons. The average molecular weight is 220 g/mol. The third kappa shape index (κ3) is 3.32. The Morgan fingerprint density at radius 1 is 1.21 bits per heavy atom. The summed E-state index contributed by atoms with van der Waals surface area (Å²) in [6, 6.07) is 0. The molecule has 14 heavy (non-hydrogen) atoms. The normalized spacial score (nSPS) is 36.2. The second kappa shape index (κ2) is 5.23. The summed E-state index contributed by atoms with van der Waals surface area (Å²) in [5.74, 6) is 0. The first-order valence-electron chi connectivity index (χ1n) is 5.08. The Morgan fingerprint density at radius 3 is 2.57 bits per heavy atom. The topological polar surface area (TPSA) is 47.9 Å². The lowest BCUT2D eigenvalue weighted by atomic mass is 10.4. The predicted octanol–water partition coefficient (Wildman–Crippen LogP) is 0.893. The van der Waals surface area contributed by atoms with Crippen LogP contribution in [0.15, 0.2) is 0 Å². The number of hydrogen-bond acceptors (Lipinski definition) is 4. The molecule has 2 atom stereocenters. The van der Waals surface area contributed by atoms with Crippen LogP contribution in [0.2, 0.25) is 12.1 Å². The van der Waals surface area contributed by atoms with E-state index in [1.165, 1.54) is 0 Å². The average Bonchev–Trinajstić information content (AvgIpc) is 2.20. The summed E-state index contributed by atoms with van der Waals surface area (Å²) < 4.78 is 16.7. The summed E-state index contributed by atoms with van der Waals surface area (Å²) in [5.41, 5.74) is 0.382. The van der Waals surface area contributed by atoms with E-state index >= 15 is 0 Å². The molecule has 5 heteroatoms. The van der Waals surface area contributed by atoms with E-state index in [1.807, 2.05) is 6.55 Å². The fourth-order valence-corrected chi connectivity index (χ4v) is 2.97. The summed E-state index contributed by atoms with van der Waals surface area (Å²) in [6.45, 7) is 7.99. The summed E-state index contributed by atoms with van der Waals surface area (Å²) in [4.78, 5) is 0. The first-order chi connectivity index (χ1) is 6.54. The standard InChI is InChI=1S/C9H20O4Si/c1-8(2)14(3)12-5-4-11-6-9(10)7-13-14/h8-10H,4-7H2,1-3H3. The van der Waals surface area contributed by atoms with Crippen molar-refractivity contribution in [2.45, 2.75) is 32.0 Å².